The standard InChI is InChI=1S/C16H21N3O3S/c1-21-12-4-3-11(9-13(12)22-2)15-14(23-16(20)18-15)10-19-7-5-17-6-8-19/h3-4,9,17H,5-8,10H2,1-2H3,(H,18,20). The number of nitrogens with one attached hydrogen (secondary N) is 2. The fourth-order valence-corrected chi connectivity index (χ4v) is 3.66. The molecule has 1 aliphatic heterocycles. The lowest BCUT2D eigenvalue weighted by Gasteiger charge is -2.26. The van der Waals surface area contributed by atoms with Crippen LogP contribution in [0.15, 0.2) is 23.0 Å². The number of ether oxygens (including phenoxy) is 2. The van der Waals surface area contributed by atoms with Gasteiger partial charge in [0.1, 0.15) is 0 Å². The number of rotatable bonds is 5. The van der Waals surface area contributed by atoms with Gasteiger partial charge in [-0.2, -0.15) is 0 Å². The molecule has 0 saturated carbocycles. The topological polar surface area (TPSA) is 66.6 Å². The third-order valence-electron chi connectivity index (χ3n) is 3.97. The molecule has 1 aromatic heterocycles. The molecular formula is C16H21N3O3S. The van der Waals surface area contributed by atoms with Gasteiger partial charge in [0.25, 0.3) is 0 Å². The maximum atomic E-state index is 11.9. The summed E-state index contributed by atoms with van der Waals surface area (Å²) in [7, 11) is 3.22. The summed E-state index contributed by atoms with van der Waals surface area (Å²) in [6, 6.07) is 5.71. The molecule has 1 saturated heterocycles. The summed E-state index contributed by atoms with van der Waals surface area (Å²) in [5.41, 5.74) is 1.81. The molecule has 6 nitrogen and oxygen atoms in total. The van der Waals surface area contributed by atoms with Crippen LogP contribution in [0.3, 0.4) is 0 Å². The molecule has 124 valence electrons. The fourth-order valence-electron chi connectivity index (χ4n) is 2.77. The molecule has 0 amide bonds. The van der Waals surface area contributed by atoms with Crippen LogP contribution < -0.4 is 19.7 Å². The average Bonchev–Trinajstić information content (AvgIpc) is 2.95. The van der Waals surface area contributed by atoms with E-state index in [0.717, 1.165) is 48.9 Å². The van der Waals surface area contributed by atoms with Crippen molar-refractivity contribution in [2.45, 2.75) is 6.54 Å². The fraction of sp³-hybridized carbons (Fsp3) is 0.438. The molecule has 0 bridgehead atoms. The van der Waals surface area contributed by atoms with Gasteiger partial charge in [-0.05, 0) is 18.2 Å². The minimum atomic E-state index is -0.0279. The number of benzene rings is 1. The first-order chi connectivity index (χ1) is 11.2. The van der Waals surface area contributed by atoms with E-state index in [1.54, 1.807) is 14.2 Å². The van der Waals surface area contributed by atoms with Crippen LogP contribution in [-0.2, 0) is 6.54 Å². The number of aromatic amines is 1. The van der Waals surface area contributed by atoms with Gasteiger partial charge in [0.15, 0.2) is 11.5 Å². The summed E-state index contributed by atoms with van der Waals surface area (Å²) < 4.78 is 10.6. The summed E-state index contributed by atoms with van der Waals surface area (Å²) in [5, 5.41) is 3.34. The predicted octanol–water partition coefficient (Wildman–Crippen LogP) is 1.53. The van der Waals surface area contributed by atoms with Crippen LogP contribution in [0.4, 0.5) is 0 Å². The molecule has 2 aromatic rings. The van der Waals surface area contributed by atoms with E-state index >= 15 is 0 Å². The maximum absolute atomic E-state index is 11.9. The largest absolute Gasteiger partial charge is 0.493 e. The summed E-state index contributed by atoms with van der Waals surface area (Å²) in [6.07, 6.45) is 0. The Morgan fingerprint density at radius 1 is 1.17 bits per heavy atom. The minimum Gasteiger partial charge on any atom is -0.493 e. The number of nitrogens with zero attached hydrogens (tertiary/aromatic N) is 1. The van der Waals surface area contributed by atoms with Crippen LogP contribution in [-0.4, -0.2) is 50.3 Å². The third-order valence-corrected chi connectivity index (χ3v) is 4.84. The number of piperazine rings is 1. The first-order valence-corrected chi connectivity index (χ1v) is 8.40. The van der Waals surface area contributed by atoms with Crippen molar-refractivity contribution in [2.24, 2.45) is 0 Å². The molecule has 0 aliphatic carbocycles. The van der Waals surface area contributed by atoms with Gasteiger partial charge < -0.3 is 19.8 Å². The Hall–Kier alpha value is -1.83. The van der Waals surface area contributed by atoms with Gasteiger partial charge in [0.05, 0.1) is 19.9 Å². The number of hydrogen-bond donors (Lipinski definition) is 2. The lowest BCUT2D eigenvalue weighted by molar-refractivity contribution is 0.235. The highest BCUT2D eigenvalue weighted by atomic mass is 32.1. The van der Waals surface area contributed by atoms with Crippen LogP contribution in [0.5, 0.6) is 11.5 Å². The van der Waals surface area contributed by atoms with Crippen LogP contribution in [0.2, 0.25) is 0 Å². The Bertz CT molecular complexity index is 720. The van der Waals surface area contributed by atoms with Crippen LogP contribution in [0.25, 0.3) is 11.3 Å². The average molecular weight is 335 g/mol. The van der Waals surface area contributed by atoms with E-state index in [2.05, 4.69) is 15.2 Å². The van der Waals surface area contributed by atoms with Crippen molar-refractivity contribution in [1.82, 2.24) is 15.2 Å². The molecule has 1 aliphatic rings. The van der Waals surface area contributed by atoms with Gasteiger partial charge in [0, 0.05) is 43.2 Å². The zero-order chi connectivity index (χ0) is 16.2. The molecule has 7 heteroatoms. The first-order valence-electron chi connectivity index (χ1n) is 7.58. The molecule has 3 rings (SSSR count). The number of hydrogen-bond acceptors (Lipinski definition) is 6. The molecule has 1 aromatic carbocycles. The third kappa shape index (κ3) is 3.57. The Balaban J connectivity index is 1.91. The SMILES string of the molecule is COc1ccc(-c2[nH]c(=O)sc2CN2CCNCC2)cc1OC. The molecule has 2 N–H and O–H groups in total. The lowest BCUT2D eigenvalue weighted by Crippen LogP contribution is -2.42. The van der Waals surface area contributed by atoms with Crippen molar-refractivity contribution in [3.63, 3.8) is 0 Å². The monoisotopic (exact) mass is 335 g/mol. The highest BCUT2D eigenvalue weighted by Crippen LogP contribution is 2.33. The van der Waals surface area contributed by atoms with Gasteiger partial charge in [-0.3, -0.25) is 9.69 Å². The quantitative estimate of drug-likeness (QED) is 0.867. The smallest absolute Gasteiger partial charge is 0.305 e. The summed E-state index contributed by atoms with van der Waals surface area (Å²) in [4.78, 5) is 18.2. The second kappa shape index (κ2) is 7.16. The highest BCUT2D eigenvalue weighted by molar-refractivity contribution is 7.09. The summed E-state index contributed by atoms with van der Waals surface area (Å²) in [6.45, 7) is 4.76. The summed E-state index contributed by atoms with van der Waals surface area (Å²) in [5.74, 6) is 1.34. The molecular weight excluding hydrogens is 314 g/mol. The Labute approximate surface area is 139 Å². The minimum absolute atomic E-state index is 0.0279. The molecule has 2 heterocycles. The van der Waals surface area contributed by atoms with Crippen LogP contribution in [0.1, 0.15) is 4.88 Å². The van der Waals surface area contributed by atoms with Crippen molar-refractivity contribution < 1.29 is 9.47 Å². The number of aromatic nitrogens is 1. The predicted molar refractivity (Wildman–Crippen MR) is 91.6 cm³/mol. The second-order valence-corrected chi connectivity index (χ2v) is 6.48. The van der Waals surface area contributed by atoms with Gasteiger partial charge in [-0.25, -0.2) is 0 Å². The van der Waals surface area contributed by atoms with E-state index < -0.39 is 0 Å². The summed E-state index contributed by atoms with van der Waals surface area (Å²) >= 11 is 1.28. The van der Waals surface area contributed by atoms with E-state index in [-0.39, 0.29) is 4.87 Å². The number of thiazole rings is 1. The van der Waals surface area contributed by atoms with E-state index in [9.17, 15) is 4.79 Å². The van der Waals surface area contributed by atoms with E-state index in [0.29, 0.717) is 11.5 Å². The Kier molecular flexibility index (Phi) is 5.00. The van der Waals surface area contributed by atoms with E-state index in [1.165, 1.54) is 11.3 Å². The number of methoxy groups -OCH3 is 2. The zero-order valence-corrected chi connectivity index (χ0v) is 14.2. The Morgan fingerprint density at radius 2 is 1.91 bits per heavy atom. The number of H-pyrrole nitrogens is 1. The van der Waals surface area contributed by atoms with Gasteiger partial charge >= 0.3 is 4.87 Å². The van der Waals surface area contributed by atoms with Gasteiger partial charge in [-0.1, -0.05) is 11.3 Å². The van der Waals surface area contributed by atoms with E-state index in [1.807, 2.05) is 18.2 Å². The molecule has 23 heavy (non-hydrogen) atoms. The zero-order valence-electron chi connectivity index (χ0n) is 13.3. The molecule has 0 unspecified atom stereocenters. The van der Waals surface area contributed by atoms with E-state index in [4.69, 9.17) is 9.47 Å². The van der Waals surface area contributed by atoms with Crippen molar-refractivity contribution in [3.8, 4) is 22.8 Å². The first kappa shape index (κ1) is 16.0. The normalized spacial score (nSPS) is 15.6. The Morgan fingerprint density at radius 3 is 2.61 bits per heavy atom. The highest BCUT2D eigenvalue weighted by Gasteiger charge is 2.17. The molecule has 0 radical (unpaired) electrons. The van der Waals surface area contributed by atoms with Gasteiger partial charge in [-0.15, -0.1) is 0 Å². The van der Waals surface area contributed by atoms with Gasteiger partial charge in [0.2, 0.25) is 0 Å². The van der Waals surface area contributed by atoms with Crippen molar-refractivity contribution >= 4 is 11.3 Å². The van der Waals surface area contributed by atoms with Crippen LogP contribution >= 0.6 is 11.3 Å². The van der Waals surface area contributed by atoms with Crippen LogP contribution in [0, 0.1) is 0 Å². The molecule has 1 fully saturated rings. The van der Waals surface area contributed by atoms with Crippen molar-refractivity contribution in [2.75, 3.05) is 40.4 Å². The second-order valence-electron chi connectivity index (χ2n) is 5.41. The van der Waals surface area contributed by atoms with Crippen molar-refractivity contribution in [3.05, 3.63) is 32.7 Å². The maximum Gasteiger partial charge on any atom is 0.305 e. The van der Waals surface area contributed by atoms with Crippen molar-refractivity contribution in [1.29, 1.82) is 0 Å². The molecule has 0 atom stereocenters. The lowest BCUT2D eigenvalue weighted by atomic mass is 10.1. The molecule has 0 spiro atoms.